The van der Waals surface area contributed by atoms with Crippen molar-refractivity contribution in [2.24, 2.45) is 7.05 Å². The summed E-state index contributed by atoms with van der Waals surface area (Å²) in [6, 6.07) is 0.455. The number of ether oxygens (including phenoxy) is 1. The summed E-state index contributed by atoms with van der Waals surface area (Å²) in [5, 5.41) is 8.75. The highest BCUT2D eigenvalue weighted by Gasteiger charge is 2.21. The second kappa shape index (κ2) is 5.34. The zero-order valence-electron chi connectivity index (χ0n) is 12.1. The lowest BCUT2D eigenvalue weighted by Crippen LogP contribution is -2.49. The molecule has 0 radical (unpaired) electrons. The normalized spacial score (nSPS) is 19.8. The molecule has 1 atom stereocenters. The van der Waals surface area contributed by atoms with Crippen LogP contribution in [0.2, 0.25) is 0 Å². The molecule has 7 nitrogen and oxygen atoms in total. The molecule has 1 fully saturated rings. The largest absolute Gasteiger partial charge is 0.377 e. The standard InChI is InChI=1S/C13H20N6O/c1-9-7-19(5-4-14-9)13-10-6-15-18(2)12(10)16-11(17-13)8-20-3/h6,9,14H,4-5,7-8H2,1-3H3. The molecule has 0 amide bonds. The SMILES string of the molecule is COCc1nc(N2CCNC(C)C2)c2cnn(C)c2n1. The van der Waals surface area contributed by atoms with E-state index >= 15 is 0 Å². The summed E-state index contributed by atoms with van der Waals surface area (Å²) in [4.78, 5) is 11.5. The minimum atomic E-state index is 0.412. The maximum Gasteiger partial charge on any atom is 0.163 e. The second-order valence-electron chi connectivity index (χ2n) is 5.20. The van der Waals surface area contributed by atoms with Gasteiger partial charge in [0.25, 0.3) is 0 Å². The van der Waals surface area contributed by atoms with Gasteiger partial charge in [-0.3, -0.25) is 4.68 Å². The quantitative estimate of drug-likeness (QED) is 0.870. The van der Waals surface area contributed by atoms with Crippen molar-refractivity contribution >= 4 is 16.9 Å². The Kier molecular flexibility index (Phi) is 3.54. The molecule has 20 heavy (non-hydrogen) atoms. The monoisotopic (exact) mass is 276 g/mol. The van der Waals surface area contributed by atoms with E-state index in [-0.39, 0.29) is 0 Å². The number of aromatic nitrogens is 4. The lowest BCUT2D eigenvalue weighted by Gasteiger charge is -2.33. The topological polar surface area (TPSA) is 68.1 Å². The Bertz CT molecular complexity index is 610. The molecule has 3 rings (SSSR count). The Balaban J connectivity index is 2.07. The van der Waals surface area contributed by atoms with Crippen molar-refractivity contribution < 1.29 is 4.74 Å². The lowest BCUT2D eigenvalue weighted by atomic mass is 10.2. The first-order valence-corrected chi connectivity index (χ1v) is 6.85. The van der Waals surface area contributed by atoms with Crippen molar-refractivity contribution in [3.63, 3.8) is 0 Å². The molecule has 1 aliphatic rings. The summed E-state index contributed by atoms with van der Waals surface area (Å²) in [5.74, 6) is 1.66. The van der Waals surface area contributed by atoms with E-state index in [1.165, 1.54) is 0 Å². The van der Waals surface area contributed by atoms with E-state index in [1.807, 2.05) is 13.2 Å². The highest BCUT2D eigenvalue weighted by molar-refractivity contribution is 5.87. The van der Waals surface area contributed by atoms with Gasteiger partial charge in [0.15, 0.2) is 11.5 Å². The summed E-state index contributed by atoms with van der Waals surface area (Å²) in [6.45, 7) is 5.44. The third-order valence-corrected chi connectivity index (χ3v) is 3.56. The van der Waals surface area contributed by atoms with Crippen LogP contribution in [0.1, 0.15) is 12.7 Å². The summed E-state index contributed by atoms with van der Waals surface area (Å²) in [7, 11) is 3.56. The molecule has 1 unspecified atom stereocenters. The van der Waals surface area contributed by atoms with Gasteiger partial charge in [-0.15, -0.1) is 0 Å². The molecule has 1 saturated heterocycles. The van der Waals surface area contributed by atoms with Crippen LogP contribution < -0.4 is 10.2 Å². The number of nitrogens with zero attached hydrogens (tertiary/aromatic N) is 5. The van der Waals surface area contributed by atoms with Gasteiger partial charge in [0.2, 0.25) is 0 Å². The first-order chi connectivity index (χ1) is 9.69. The zero-order valence-corrected chi connectivity index (χ0v) is 12.1. The maximum absolute atomic E-state index is 5.17. The number of rotatable bonds is 3. The molecule has 108 valence electrons. The number of aryl methyl sites for hydroxylation is 1. The Hall–Kier alpha value is -1.73. The fraction of sp³-hybridized carbons (Fsp3) is 0.615. The molecule has 7 heteroatoms. The van der Waals surface area contributed by atoms with Crippen LogP contribution in [-0.4, -0.2) is 52.5 Å². The van der Waals surface area contributed by atoms with Gasteiger partial charge >= 0.3 is 0 Å². The summed E-state index contributed by atoms with van der Waals surface area (Å²) < 4.78 is 6.95. The lowest BCUT2D eigenvalue weighted by molar-refractivity contribution is 0.178. The van der Waals surface area contributed by atoms with Crippen LogP contribution in [0.4, 0.5) is 5.82 Å². The molecule has 1 N–H and O–H groups in total. The molecule has 2 aromatic rings. The highest BCUT2D eigenvalue weighted by atomic mass is 16.5. The summed E-state index contributed by atoms with van der Waals surface area (Å²) in [6.07, 6.45) is 1.84. The van der Waals surface area contributed by atoms with E-state index in [0.29, 0.717) is 18.5 Å². The Morgan fingerprint density at radius 2 is 2.30 bits per heavy atom. The molecular formula is C13H20N6O. The first kappa shape index (κ1) is 13.3. The number of methoxy groups -OCH3 is 1. The molecule has 0 bridgehead atoms. The van der Waals surface area contributed by atoms with Gasteiger partial charge in [0.05, 0.1) is 11.6 Å². The minimum Gasteiger partial charge on any atom is -0.377 e. The predicted molar refractivity (Wildman–Crippen MR) is 76.7 cm³/mol. The zero-order chi connectivity index (χ0) is 14.1. The molecule has 0 aliphatic carbocycles. The van der Waals surface area contributed by atoms with Gasteiger partial charge in [0.1, 0.15) is 12.4 Å². The van der Waals surface area contributed by atoms with Gasteiger partial charge in [-0.25, -0.2) is 9.97 Å². The van der Waals surface area contributed by atoms with Crippen molar-refractivity contribution in [1.82, 2.24) is 25.1 Å². The summed E-state index contributed by atoms with van der Waals surface area (Å²) in [5.41, 5.74) is 0.855. The Morgan fingerprint density at radius 1 is 1.45 bits per heavy atom. The summed E-state index contributed by atoms with van der Waals surface area (Å²) >= 11 is 0. The number of fused-ring (bicyclic) bond motifs is 1. The molecule has 2 aromatic heterocycles. The van der Waals surface area contributed by atoms with Crippen molar-refractivity contribution in [1.29, 1.82) is 0 Å². The predicted octanol–water partition coefficient (Wildman–Crippen LogP) is 0.308. The average Bonchev–Trinajstić information content (AvgIpc) is 2.80. The Morgan fingerprint density at radius 3 is 3.05 bits per heavy atom. The van der Waals surface area contributed by atoms with Crippen molar-refractivity contribution in [2.75, 3.05) is 31.6 Å². The van der Waals surface area contributed by atoms with E-state index < -0.39 is 0 Å². The van der Waals surface area contributed by atoms with Gasteiger partial charge in [-0.1, -0.05) is 0 Å². The molecule has 0 aromatic carbocycles. The molecule has 3 heterocycles. The van der Waals surface area contributed by atoms with Gasteiger partial charge in [-0.2, -0.15) is 5.10 Å². The van der Waals surface area contributed by atoms with E-state index in [9.17, 15) is 0 Å². The van der Waals surface area contributed by atoms with Crippen LogP contribution in [0, 0.1) is 0 Å². The van der Waals surface area contributed by atoms with Crippen LogP contribution in [-0.2, 0) is 18.4 Å². The third-order valence-electron chi connectivity index (χ3n) is 3.56. The number of nitrogens with one attached hydrogen (secondary N) is 1. The first-order valence-electron chi connectivity index (χ1n) is 6.85. The van der Waals surface area contributed by atoms with E-state index in [4.69, 9.17) is 4.74 Å². The number of hydrogen-bond donors (Lipinski definition) is 1. The van der Waals surface area contributed by atoms with E-state index in [0.717, 1.165) is 36.5 Å². The van der Waals surface area contributed by atoms with Crippen LogP contribution >= 0.6 is 0 Å². The van der Waals surface area contributed by atoms with Crippen molar-refractivity contribution in [3.05, 3.63) is 12.0 Å². The molecule has 0 spiro atoms. The average molecular weight is 276 g/mol. The highest BCUT2D eigenvalue weighted by Crippen LogP contribution is 2.24. The molecular weight excluding hydrogens is 256 g/mol. The van der Waals surface area contributed by atoms with Crippen LogP contribution in [0.15, 0.2) is 6.20 Å². The molecule has 1 aliphatic heterocycles. The van der Waals surface area contributed by atoms with Gasteiger partial charge in [0, 0.05) is 39.8 Å². The fourth-order valence-electron chi connectivity index (χ4n) is 2.61. The third kappa shape index (κ3) is 2.34. The van der Waals surface area contributed by atoms with E-state index in [2.05, 4.69) is 32.2 Å². The maximum atomic E-state index is 5.17. The van der Waals surface area contributed by atoms with Crippen LogP contribution in [0.3, 0.4) is 0 Å². The number of hydrogen-bond acceptors (Lipinski definition) is 6. The fourth-order valence-corrected chi connectivity index (χ4v) is 2.61. The van der Waals surface area contributed by atoms with Gasteiger partial charge in [-0.05, 0) is 6.92 Å². The second-order valence-corrected chi connectivity index (χ2v) is 5.20. The van der Waals surface area contributed by atoms with E-state index in [1.54, 1.807) is 11.8 Å². The number of anilines is 1. The van der Waals surface area contributed by atoms with Crippen LogP contribution in [0.25, 0.3) is 11.0 Å². The number of piperazine rings is 1. The minimum absolute atomic E-state index is 0.412. The van der Waals surface area contributed by atoms with Crippen LogP contribution in [0.5, 0.6) is 0 Å². The molecule has 0 saturated carbocycles. The Labute approximate surface area is 117 Å². The van der Waals surface area contributed by atoms with Gasteiger partial charge < -0.3 is 15.0 Å². The van der Waals surface area contributed by atoms with Crippen molar-refractivity contribution in [3.8, 4) is 0 Å². The van der Waals surface area contributed by atoms with Crippen molar-refractivity contribution in [2.45, 2.75) is 19.6 Å². The smallest absolute Gasteiger partial charge is 0.163 e.